The lowest BCUT2D eigenvalue weighted by Crippen LogP contribution is -2.45. The molecular weight excluding hydrogens is 470 g/mol. The molecule has 10 nitrogen and oxygen atoms in total. The van der Waals surface area contributed by atoms with Crippen LogP contribution in [0.25, 0.3) is 11.0 Å². The molecule has 3 aromatic rings. The number of pyridine rings is 3. The summed E-state index contributed by atoms with van der Waals surface area (Å²) in [5, 5.41) is 28.1. The maximum Gasteiger partial charge on any atom is 0.235 e. The highest BCUT2D eigenvalue weighted by Gasteiger charge is 2.33. The Bertz CT molecular complexity index is 1220. The summed E-state index contributed by atoms with van der Waals surface area (Å²) >= 11 is 1.48. The number of fused-ring (bicyclic) bond motifs is 2. The number of carbonyl (C=O) groups is 1. The summed E-state index contributed by atoms with van der Waals surface area (Å²) < 4.78 is 11.1. The quantitative estimate of drug-likeness (QED) is 0.382. The Hall–Kier alpha value is -2.83. The molecule has 0 spiro atoms. The van der Waals surface area contributed by atoms with Gasteiger partial charge in [-0.15, -0.1) is 11.8 Å². The lowest BCUT2D eigenvalue weighted by molar-refractivity contribution is -0.114. The van der Waals surface area contributed by atoms with E-state index >= 15 is 0 Å². The van der Waals surface area contributed by atoms with Crippen LogP contribution in [0.5, 0.6) is 5.88 Å². The van der Waals surface area contributed by atoms with Crippen LogP contribution in [-0.2, 0) is 16.1 Å². The van der Waals surface area contributed by atoms with Gasteiger partial charge in [0.2, 0.25) is 11.8 Å². The fourth-order valence-electron chi connectivity index (χ4n) is 4.32. The van der Waals surface area contributed by atoms with E-state index in [4.69, 9.17) is 9.47 Å². The van der Waals surface area contributed by atoms with Gasteiger partial charge in [0.15, 0.2) is 0 Å². The molecule has 0 saturated carbocycles. The first-order valence-corrected chi connectivity index (χ1v) is 12.4. The molecule has 0 aromatic carbocycles. The Morgan fingerprint density at radius 1 is 1.23 bits per heavy atom. The maximum absolute atomic E-state index is 11.6. The maximum atomic E-state index is 11.6. The first-order chi connectivity index (χ1) is 17.0. The van der Waals surface area contributed by atoms with E-state index in [2.05, 4.69) is 25.6 Å². The molecule has 0 aliphatic carbocycles. The fraction of sp³-hybridized carbons (Fsp3) is 0.417. The molecule has 4 N–H and O–H groups in total. The predicted octanol–water partition coefficient (Wildman–Crippen LogP) is 1.81. The zero-order chi connectivity index (χ0) is 24.4. The Balaban J connectivity index is 1.17. The van der Waals surface area contributed by atoms with Crippen molar-refractivity contribution in [1.82, 2.24) is 20.3 Å². The van der Waals surface area contributed by atoms with Crippen LogP contribution in [0, 0.1) is 0 Å². The number of amides is 1. The van der Waals surface area contributed by atoms with Gasteiger partial charge in [0.25, 0.3) is 0 Å². The molecule has 2 aliphatic rings. The highest BCUT2D eigenvalue weighted by molar-refractivity contribution is 8.00. The van der Waals surface area contributed by atoms with Gasteiger partial charge in [-0.3, -0.25) is 9.78 Å². The first kappa shape index (κ1) is 23.9. The van der Waals surface area contributed by atoms with Crippen LogP contribution in [0.4, 0.5) is 5.82 Å². The smallest absolute Gasteiger partial charge is 0.235 e. The van der Waals surface area contributed by atoms with Gasteiger partial charge < -0.3 is 30.3 Å². The number of hydrogen-bond acceptors (Lipinski definition) is 10. The number of rotatable bonds is 7. The lowest BCUT2D eigenvalue weighted by atomic mass is 9.94. The Kier molecular flexibility index (Phi) is 7.12. The van der Waals surface area contributed by atoms with Crippen molar-refractivity contribution in [1.29, 1.82) is 0 Å². The summed E-state index contributed by atoms with van der Waals surface area (Å²) in [6.45, 7) is 0.934. The average molecular weight is 498 g/mol. The molecule has 0 bridgehead atoms. The van der Waals surface area contributed by atoms with Gasteiger partial charge in [-0.25, -0.2) is 9.97 Å². The lowest BCUT2D eigenvalue weighted by Gasteiger charge is -2.34. The molecule has 3 aromatic heterocycles. The van der Waals surface area contributed by atoms with Crippen LogP contribution in [-0.4, -0.2) is 68.8 Å². The van der Waals surface area contributed by atoms with E-state index in [1.165, 1.54) is 18.9 Å². The zero-order valence-corrected chi connectivity index (χ0v) is 20.0. The van der Waals surface area contributed by atoms with Crippen molar-refractivity contribution in [2.45, 2.75) is 48.6 Å². The van der Waals surface area contributed by atoms with Crippen molar-refractivity contribution in [2.75, 3.05) is 24.8 Å². The number of anilines is 1. The summed E-state index contributed by atoms with van der Waals surface area (Å²) in [7, 11) is 1.52. The molecule has 1 fully saturated rings. The summed E-state index contributed by atoms with van der Waals surface area (Å²) in [6.07, 6.45) is 0.142. The highest BCUT2D eigenvalue weighted by atomic mass is 32.2. The van der Waals surface area contributed by atoms with E-state index in [0.29, 0.717) is 53.6 Å². The van der Waals surface area contributed by atoms with E-state index in [-0.39, 0.29) is 11.9 Å². The van der Waals surface area contributed by atoms with Crippen molar-refractivity contribution >= 4 is 34.5 Å². The predicted molar refractivity (Wildman–Crippen MR) is 130 cm³/mol. The van der Waals surface area contributed by atoms with Gasteiger partial charge in [-0.05, 0) is 37.1 Å². The summed E-state index contributed by atoms with van der Waals surface area (Å²) in [5.41, 5.74) is 2.41. The molecule has 35 heavy (non-hydrogen) atoms. The molecule has 11 heteroatoms. The van der Waals surface area contributed by atoms with Crippen molar-refractivity contribution in [3.8, 4) is 5.88 Å². The van der Waals surface area contributed by atoms with Crippen LogP contribution in [0.15, 0.2) is 41.4 Å². The second-order valence-electron chi connectivity index (χ2n) is 8.57. The van der Waals surface area contributed by atoms with Crippen LogP contribution in [0.2, 0.25) is 0 Å². The third-order valence-corrected chi connectivity index (χ3v) is 7.28. The van der Waals surface area contributed by atoms with Gasteiger partial charge in [0, 0.05) is 30.4 Å². The molecule has 5 rings (SSSR count). The molecule has 1 amide bonds. The largest absolute Gasteiger partial charge is 0.481 e. The summed E-state index contributed by atoms with van der Waals surface area (Å²) in [4.78, 5) is 25.8. The minimum absolute atomic E-state index is 0.0396. The third kappa shape index (κ3) is 5.24. The number of aromatic nitrogens is 3. The number of aliphatic hydroxyl groups is 2. The van der Waals surface area contributed by atoms with Crippen molar-refractivity contribution in [3.05, 3.63) is 47.8 Å². The minimum atomic E-state index is -1.18. The summed E-state index contributed by atoms with van der Waals surface area (Å²) in [6, 6.07) is 9.13. The number of aliphatic hydroxyl groups excluding tert-OH is 2. The zero-order valence-electron chi connectivity index (χ0n) is 19.2. The Labute approximate surface area is 206 Å². The van der Waals surface area contributed by atoms with Crippen molar-refractivity contribution in [3.63, 3.8) is 0 Å². The normalized spacial score (nSPS) is 21.7. The van der Waals surface area contributed by atoms with Gasteiger partial charge in [0.05, 0.1) is 47.2 Å². The van der Waals surface area contributed by atoms with Crippen molar-refractivity contribution in [2.24, 2.45) is 0 Å². The third-order valence-electron chi connectivity index (χ3n) is 6.24. The molecule has 1 saturated heterocycles. The molecule has 5 heterocycles. The van der Waals surface area contributed by atoms with Crippen LogP contribution in [0.3, 0.4) is 0 Å². The van der Waals surface area contributed by atoms with Crippen molar-refractivity contribution < 1.29 is 24.5 Å². The van der Waals surface area contributed by atoms with E-state index in [1.54, 1.807) is 24.4 Å². The second-order valence-corrected chi connectivity index (χ2v) is 9.59. The minimum Gasteiger partial charge on any atom is -0.481 e. The molecule has 2 unspecified atom stereocenters. The molecule has 4 atom stereocenters. The monoisotopic (exact) mass is 497 g/mol. The van der Waals surface area contributed by atoms with Gasteiger partial charge in [0.1, 0.15) is 18.0 Å². The number of nitrogens with zero attached hydrogens (tertiary/aromatic N) is 3. The number of ether oxygens (including phenoxy) is 2. The number of methoxy groups -OCH3 is 1. The van der Waals surface area contributed by atoms with Crippen LogP contribution in [0.1, 0.15) is 30.2 Å². The standard InChI is InChI=1S/C24H27N5O5S/c1-33-20-7-4-16-21(29-20)15(8-9-25-16)22(31)23(32)17-5-2-14(11-34-17)26-10-13-3-6-18-24(27-13)28-19(30)12-35-18/h3-4,6-9,14,17,22-23,26,31-32H,2,5,10-12H2,1H3,(H,27,28,30)/t14?,17?,22-,23+/m1/s1. The molecule has 0 radical (unpaired) electrons. The van der Waals surface area contributed by atoms with E-state index in [1.807, 2.05) is 12.1 Å². The molecule has 184 valence electrons. The van der Waals surface area contributed by atoms with Gasteiger partial charge >= 0.3 is 0 Å². The van der Waals surface area contributed by atoms with E-state index in [9.17, 15) is 15.0 Å². The first-order valence-electron chi connectivity index (χ1n) is 11.4. The van der Waals surface area contributed by atoms with E-state index < -0.39 is 18.3 Å². The SMILES string of the molecule is COc1ccc2nccc([C@@H](O)[C@@H](O)C3CCC(NCc4ccc5c(n4)NC(=O)CS5)CO3)c2n1. The summed E-state index contributed by atoms with van der Waals surface area (Å²) in [5.74, 6) is 1.39. The highest BCUT2D eigenvalue weighted by Crippen LogP contribution is 2.31. The van der Waals surface area contributed by atoms with Gasteiger partial charge in [-0.1, -0.05) is 0 Å². The number of nitrogens with one attached hydrogen (secondary N) is 2. The van der Waals surface area contributed by atoms with Gasteiger partial charge in [-0.2, -0.15) is 0 Å². The number of carbonyl (C=O) groups excluding carboxylic acids is 1. The van der Waals surface area contributed by atoms with Crippen LogP contribution >= 0.6 is 11.8 Å². The average Bonchev–Trinajstić information content (AvgIpc) is 2.90. The fourth-order valence-corrected chi connectivity index (χ4v) is 5.08. The number of thioether (sulfide) groups is 1. The molecular formula is C24H27N5O5S. The second kappa shape index (κ2) is 10.4. The Morgan fingerprint density at radius 2 is 2.11 bits per heavy atom. The Morgan fingerprint density at radius 3 is 2.91 bits per heavy atom. The topological polar surface area (TPSA) is 139 Å². The molecule has 2 aliphatic heterocycles. The van der Waals surface area contributed by atoms with E-state index in [0.717, 1.165) is 17.0 Å². The number of hydrogen-bond donors (Lipinski definition) is 4. The van der Waals surface area contributed by atoms with Crippen LogP contribution < -0.4 is 15.4 Å².